The van der Waals surface area contributed by atoms with Gasteiger partial charge in [0.15, 0.2) is 6.10 Å². The number of amides is 1. The van der Waals surface area contributed by atoms with Crippen LogP contribution in [0.4, 0.5) is 4.39 Å². The van der Waals surface area contributed by atoms with Gasteiger partial charge < -0.3 is 10.1 Å². The third-order valence-electron chi connectivity index (χ3n) is 3.06. The lowest BCUT2D eigenvalue weighted by Gasteiger charge is -2.17. The van der Waals surface area contributed by atoms with Crippen molar-refractivity contribution >= 4 is 5.91 Å². The smallest absolute Gasteiger partial charge is 0.261 e. The normalized spacial score (nSPS) is 11.7. The van der Waals surface area contributed by atoms with Crippen molar-refractivity contribution in [2.24, 2.45) is 0 Å². The Morgan fingerprint density at radius 1 is 1.14 bits per heavy atom. The van der Waals surface area contributed by atoms with Crippen molar-refractivity contribution < 1.29 is 13.9 Å². The molecule has 0 fully saturated rings. The quantitative estimate of drug-likeness (QED) is 0.885. The average molecular weight is 287 g/mol. The first-order valence-electron chi connectivity index (χ1n) is 6.93. The van der Waals surface area contributed by atoms with E-state index in [9.17, 15) is 9.18 Å². The molecule has 110 valence electrons. The summed E-state index contributed by atoms with van der Waals surface area (Å²) in [6.45, 7) is 2.25. The predicted molar refractivity (Wildman–Crippen MR) is 79.4 cm³/mol. The van der Waals surface area contributed by atoms with Crippen molar-refractivity contribution in [1.29, 1.82) is 0 Å². The molecule has 3 nitrogen and oxygen atoms in total. The fourth-order valence-electron chi connectivity index (χ4n) is 1.89. The van der Waals surface area contributed by atoms with Crippen molar-refractivity contribution in [1.82, 2.24) is 5.32 Å². The highest BCUT2D eigenvalue weighted by Crippen LogP contribution is 2.12. The van der Waals surface area contributed by atoms with Gasteiger partial charge in [-0.25, -0.2) is 4.39 Å². The minimum absolute atomic E-state index is 0.175. The Kier molecular flexibility index (Phi) is 5.32. The number of benzene rings is 2. The summed E-state index contributed by atoms with van der Waals surface area (Å²) in [4.78, 5) is 12.1. The second-order valence-electron chi connectivity index (χ2n) is 4.67. The van der Waals surface area contributed by atoms with E-state index in [4.69, 9.17) is 4.74 Å². The zero-order valence-electron chi connectivity index (χ0n) is 11.9. The minimum Gasteiger partial charge on any atom is -0.481 e. The number of ether oxygens (including phenoxy) is 1. The van der Waals surface area contributed by atoms with Gasteiger partial charge in [0.25, 0.3) is 5.91 Å². The SMILES string of the molecule is CCC(Oc1ccccc1)C(=O)NCc1ccc(F)cc1. The fourth-order valence-corrected chi connectivity index (χ4v) is 1.89. The second kappa shape index (κ2) is 7.43. The van der Waals surface area contributed by atoms with Gasteiger partial charge in [-0.15, -0.1) is 0 Å². The monoisotopic (exact) mass is 287 g/mol. The van der Waals surface area contributed by atoms with E-state index in [0.29, 0.717) is 18.7 Å². The maximum Gasteiger partial charge on any atom is 0.261 e. The molecule has 0 saturated heterocycles. The number of rotatable bonds is 6. The molecular formula is C17H18FNO2. The van der Waals surface area contributed by atoms with Crippen LogP contribution in [0, 0.1) is 5.82 Å². The zero-order valence-corrected chi connectivity index (χ0v) is 11.9. The molecule has 0 aliphatic carbocycles. The number of halogens is 1. The summed E-state index contributed by atoms with van der Waals surface area (Å²) < 4.78 is 18.5. The summed E-state index contributed by atoms with van der Waals surface area (Å²) in [6.07, 6.45) is 0.0392. The Labute approximate surface area is 123 Å². The Bertz CT molecular complexity index is 569. The minimum atomic E-state index is -0.534. The van der Waals surface area contributed by atoms with Crippen molar-refractivity contribution in [2.75, 3.05) is 0 Å². The van der Waals surface area contributed by atoms with Gasteiger partial charge in [0.05, 0.1) is 0 Å². The molecule has 0 aromatic heterocycles. The van der Waals surface area contributed by atoms with E-state index < -0.39 is 6.10 Å². The topological polar surface area (TPSA) is 38.3 Å². The molecule has 1 unspecified atom stereocenters. The van der Waals surface area contributed by atoms with E-state index in [0.717, 1.165) is 5.56 Å². The first kappa shape index (κ1) is 15.0. The van der Waals surface area contributed by atoms with Crippen molar-refractivity contribution in [2.45, 2.75) is 26.0 Å². The number of carbonyl (C=O) groups is 1. The maximum absolute atomic E-state index is 12.8. The van der Waals surface area contributed by atoms with Crippen LogP contribution in [0.5, 0.6) is 5.75 Å². The summed E-state index contributed by atoms with van der Waals surface area (Å²) in [5.41, 5.74) is 0.847. The largest absolute Gasteiger partial charge is 0.481 e. The van der Waals surface area contributed by atoms with E-state index >= 15 is 0 Å². The van der Waals surface area contributed by atoms with Crippen molar-refractivity contribution in [3.8, 4) is 5.75 Å². The number of hydrogen-bond acceptors (Lipinski definition) is 2. The van der Waals surface area contributed by atoms with Gasteiger partial charge in [-0.05, 0) is 36.2 Å². The van der Waals surface area contributed by atoms with Gasteiger partial charge in [-0.3, -0.25) is 4.79 Å². The van der Waals surface area contributed by atoms with Gasteiger partial charge in [0.1, 0.15) is 11.6 Å². The number of nitrogens with one attached hydrogen (secondary N) is 1. The number of hydrogen-bond donors (Lipinski definition) is 1. The molecule has 1 atom stereocenters. The molecule has 21 heavy (non-hydrogen) atoms. The van der Waals surface area contributed by atoms with Crippen LogP contribution in [0.3, 0.4) is 0 Å². The van der Waals surface area contributed by atoms with Crippen LogP contribution in [0.25, 0.3) is 0 Å². The lowest BCUT2D eigenvalue weighted by molar-refractivity contribution is -0.128. The van der Waals surface area contributed by atoms with Gasteiger partial charge in [-0.2, -0.15) is 0 Å². The van der Waals surface area contributed by atoms with Crippen LogP contribution in [0.2, 0.25) is 0 Å². The molecule has 2 rings (SSSR count). The molecule has 0 heterocycles. The molecule has 0 bridgehead atoms. The van der Waals surface area contributed by atoms with Crippen LogP contribution in [-0.2, 0) is 11.3 Å². The summed E-state index contributed by atoms with van der Waals surface area (Å²) >= 11 is 0. The average Bonchev–Trinajstić information content (AvgIpc) is 2.52. The Balaban J connectivity index is 1.89. The first-order valence-corrected chi connectivity index (χ1v) is 6.93. The highest BCUT2D eigenvalue weighted by molar-refractivity contribution is 5.81. The highest BCUT2D eigenvalue weighted by Gasteiger charge is 2.17. The van der Waals surface area contributed by atoms with Crippen molar-refractivity contribution in [3.05, 3.63) is 66.0 Å². The number of carbonyl (C=O) groups excluding carboxylic acids is 1. The van der Waals surface area contributed by atoms with E-state index in [1.807, 2.05) is 37.3 Å². The molecule has 0 saturated carbocycles. The summed E-state index contributed by atoms with van der Waals surface area (Å²) in [5, 5.41) is 2.80. The van der Waals surface area contributed by atoms with Crippen LogP contribution in [0.15, 0.2) is 54.6 Å². The molecule has 2 aromatic rings. The molecule has 2 aromatic carbocycles. The molecule has 0 radical (unpaired) electrons. The molecule has 4 heteroatoms. The lowest BCUT2D eigenvalue weighted by atomic mass is 10.2. The van der Waals surface area contributed by atoms with Crippen LogP contribution in [0.1, 0.15) is 18.9 Å². The maximum atomic E-state index is 12.8. The standard InChI is InChI=1S/C17H18FNO2/c1-2-16(21-15-6-4-3-5-7-15)17(20)19-12-13-8-10-14(18)11-9-13/h3-11,16H,2,12H2,1H3,(H,19,20). The molecule has 0 aliphatic rings. The molecular weight excluding hydrogens is 269 g/mol. The van der Waals surface area contributed by atoms with Crippen LogP contribution >= 0.6 is 0 Å². The predicted octanol–water partition coefficient (Wildman–Crippen LogP) is 3.30. The number of para-hydroxylation sites is 1. The van der Waals surface area contributed by atoms with Gasteiger partial charge in [0, 0.05) is 6.54 Å². The highest BCUT2D eigenvalue weighted by atomic mass is 19.1. The van der Waals surface area contributed by atoms with E-state index in [-0.39, 0.29) is 11.7 Å². The van der Waals surface area contributed by atoms with Crippen molar-refractivity contribution in [3.63, 3.8) is 0 Å². The van der Waals surface area contributed by atoms with Gasteiger partial charge in [-0.1, -0.05) is 37.3 Å². The van der Waals surface area contributed by atoms with Gasteiger partial charge >= 0.3 is 0 Å². The third kappa shape index (κ3) is 4.60. The first-order chi connectivity index (χ1) is 10.2. The molecule has 1 N–H and O–H groups in total. The van der Waals surface area contributed by atoms with Crippen LogP contribution < -0.4 is 10.1 Å². The zero-order chi connectivity index (χ0) is 15.1. The second-order valence-corrected chi connectivity index (χ2v) is 4.67. The van der Waals surface area contributed by atoms with Crippen LogP contribution in [-0.4, -0.2) is 12.0 Å². The third-order valence-corrected chi connectivity index (χ3v) is 3.06. The Hall–Kier alpha value is -2.36. The van der Waals surface area contributed by atoms with E-state index in [1.54, 1.807) is 12.1 Å². The van der Waals surface area contributed by atoms with E-state index in [2.05, 4.69) is 5.32 Å². The van der Waals surface area contributed by atoms with Gasteiger partial charge in [0.2, 0.25) is 0 Å². The summed E-state index contributed by atoms with van der Waals surface area (Å²) in [5.74, 6) is 0.205. The van der Waals surface area contributed by atoms with E-state index in [1.165, 1.54) is 12.1 Å². The fraction of sp³-hybridized carbons (Fsp3) is 0.235. The molecule has 0 spiro atoms. The Morgan fingerprint density at radius 2 is 1.81 bits per heavy atom. The summed E-state index contributed by atoms with van der Waals surface area (Å²) in [7, 11) is 0. The Morgan fingerprint density at radius 3 is 2.43 bits per heavy atom. The summed E-state index contributed by atoms with van der Waals surface area (Å²) in [6, 6.07) is 15.3. The lowest BCUT2D eigenvalue weighted by Crippen LogP contribution is -2.37. The molecule has 1 amide bonds. The molecule has 0 aliphatic heterocycles.